The number of aliphatic hydroxyl groups is 1. The maximum atomic E-state index is 14.3. The largest absolute Gasteiger partial charge is 0.488 e. The Kier molecular flexibility index (Phi) is 4.92. The second-order valence-corrected chi connectivity index (χ2v) is 8.60. The van der Waals surface area contributed by atoms with E-state index in [2.05, 4.69) is 22.1 Å². The summed E-state index contributed by atoms with van der Waals surface area (Å²) < 4.78 is 22.5. The highest BCUT2D eigenvalue weighted by Gasteiger charge is 2.13. The molecule has 156 valence electrons. The molecule has 7 heteroatoms. The van der Waals surface area contributed by atoms with Gasteiger partial charge >= 0.3 is 0 Å². The van der Waals surface area contributed by atoms with Gasteiger partial charge < -0.3 is 14.4 Å². The summed E-state index contributed by atoms with van der Waals surface area (Å²) in [6.45, 7) is 1.64. The summed E-state index contributed by atoms with van der Waals surface area (Å²) in [5, 5.41) is 11.3. The van der Waals surface area contributed by atoms with Gasteiger partial charge in [0, 0.05) is 48.1 Å². The van der Waals surface area contributed by atoms with Crippen LogP contribution >= 0.6 is 11.3 Å². The smallest absolute Gasteiger partial charge is 0.167 e. The molecule has 0 radical (unpaired) electrons. The van der Waals surface area contributed by atoms with Crippen LogP contribution in [0.1, 0.15) is 6.92 Å². The average molecular weight is 434 g/mol. The first-order chi connectivity index (χ1) is 15.0. The molecule has 0 fully saturated rings. The summed E-state index contributed by atoms with van der Waals surface area (Å²) in [7, 11) is 1.98. The molecule has 0 aliphatic heterocycles. The van der Waals surface area contributed by atoms with Crippen molar-refractivity contribution in [2.24, 2.45) is 7.05 Å². The number of hydrogen-bond acceptors (Lipinski definition) is 5. The highest BCUT2D eigenvalue weighted by molar-refractivity contribution is 7.21. The van der Waals surface area contributed by atoms with Crippen molar-refractivity contribution in [3.8, 4) is 27.4 Å². The second kappa shape index (κ2) is 7.76. The van der Waals surface area contributed by atoms with Gasteiger partial charge in [0.25, 0.3) is 0 Å². The van der Waals surface area contributed by atoms with Crippen molar-refractivity contribution in [2.75, 3.05) is 6.61 Å². The van der Waals surface area contributed by atoms with E-state index in [1.807, 2.05) is 48.3 Å². The van der Waals surface area contributed by atoms with Crippen LogP contribution in [0.25, 0.3) is 42.9 Å². The van der Waals surface area contributed by atoms with Crippen LogP contribution in [0.5, 0.6) is 5.75 Å². The quantitative estimate of drug-likeness (QED) is 0.402. The van der Waals surface area contributed by atoms with E-state index in [0.717, 1.165) is 37.4 Å². The normalized spacial score (nSPS) is 12.5. The van der Waals surface area contributed by atoms with E-state index < -0.39 is 11.9 Å². The van der Waals surface area contributed by atoms with Crippen LogP contribution in [0.4, 0.5) is 4.39 Å². The molecule has 1 atom stereocenters. The van der Waals surface area contributed by atoms with Crippen molar-refractivity contribution in [3.63, 3.8) is 0 Å². The van der Waals surface area contributed by atoms with Gasteiger partial charge in [-0.05, 0) is 24.6 Å². The van der Waals surface area contributed by atoms with Crippen molar-refractivity contribution in [1.82, 2.24) is 14.5 Å². The van der Waals surface area contributed by atoms with Crippen LogP contribution < -0.4 is 4.74 Å². The third-order valence-electron chi connectivity index (χ3n) is 5.09. The number of rotatable bonds is 5. The predicted molar refractivity (Wildman–Crippen MR) is 122 cm³/mol. The van der Waals surface area contributed by atoms with Crippen molar-refractivity contribution in [2.45, 2.75) is 13.0 Å². The lowest BCUT2D eigenvalue weighted by molar-refractivity contribution is 0.120. The molecule has 0 amide bonds. The zero-order chi connectivity index (χ0) is 21.5. The maximum absolute atomic E-state index is 14.3. The Labute approximate surface area is 182 Å². The molecule has 0 saturated carbocycles. The van der Waals surface area contributed by atoms with Crippen LogP contribution in [0.2, 0.25) is 0 Å². The minimum atomic E-state index is -0.663. The number of pyridine rings is 1. The number of aromatic nitrogens is 3. The van der Waals surface area contributed by atoms with Crippen molar-refractivity contribution in [1.29, 1.82) is 0 Å². The van der Waals surface area contributed by atoms with Gasteiger partial charge in [-0.25, -0.2) is 14.4 Å². The number of benzene rings is 2. The molecule has 0 aliphatic rings. The molecule has 3 aromatic heterocycles. The lowest BCUT2D eigenvalue weighted by Crippen LogP contribution is -2.13. The fourth-order valence-corrected chi connectivity index (χ4v) is 4.47. The fourth-order valence-electron chi connectivity index (χ4n) is 3.49. The zero-order valence-electron chi connectivity index (χ0n) is 17.0. The number of halogens is 1. The van der Waals surface area contributed by atoms with Gasteiger partial charge in [0.1, 0.15) is 17.3 Å². The van der Waals surface area contributed by atoms with Crippen molar-refractivity contribution < 1.29 is 14.2 Å². The number of thiazole rings is 1. The Morgan fingerprint density at radius 2 is 1.87 bits per heavy atom. The fraction of sp³-hybridized carbons (Fsp3) is 0.167. The van der Waals surface area contributed by atoms with Crippen LogP contribution in [-0.4, -0.2) is 32.4 Å². The third kappa shape index (κ3) is 3.78. The number of nitrogens with zero attached hydrogens (tertiary/aromatic N) is 3. The van der Waals surface area contributed by atoms with Gasteiger partial charge in [-0.2, -0.15) is 0 Å². The summed E-state index contributed by atoms with van der Waals surface area (Å²) >= 11 is 1.48. The topological polar surface area (TPSA) is 60.2 Å². The number of aryl methyl sites for hydroxylation is 1. The van der Waals surface area contributed by atoms with Crippen molar-refractivity contribution in [3.05, 3.63) is 66.7 Å². The van der Waals surface area contributed by atoms with Gasteiger partial charge in [0.15, 0.2) is 11.6 Å². The minimum Gasteiger partial charge on any atom is -0.488 e. The molecule has 5 rings (SSSR count). The van der Waals surface area contributed by atoms with Crippen LogP contribution in [0.3, 0.4) is 0 Å². The molecule has 3 heterocycles. The number of hydrogen-bond donors (Lipinski definition) is 1. The molecule has 0 aliphatic carbocycles. The number of fused-ring (bicyclic) bond motifs is 2. The molecule has 5 nitrogen and oxygen atoms in total. The second-order valence-electron chi connectivity index (χ2n) is 7.57. The van der Waals surface area contributed by atoms with Crippen LogP contribution in [0.15, 0.2) is 60.9 Å². The SMILES string of the molecule is C[C@@H](O)COc1cc2sc(-c3ccc(-c4cnc5c(ccn5C)c4)cc3)nc2cc1F. The van der Waals surface area contributed by atoms with Gasteiger partial charge in [-0.15, -0.1) is 11.3 Å². The predicted octanol–water partition coefficient (Wildman–Crippen LogP) is 5.42. The van der Waals surface area contributed by atoms with E-state index in [1.54, 1.807) is 13.0 Å². The summed E-state index contributed by atoms with van der Waals surface area (Å²) in [5.74, 6) is -0.355. The Morgan fingerprint density at radius 1 is 1.10 bits per heavy atom. The zero-order valence-corrected chi connectivity index (χ0v) is 17.9. The molecule has 1 N–H and O–H groups in total. The molecule has 5 aromatic rings. The van der Waals surface area contributed by atoms with E-state index in [1.165, 1.54) is 17.4 Å². The molecule has 0 spiro atoms. The van der Waals surface area contributed by atoms with Crippen molar-refractivity contribution >= 4 is 32.6 Å². The van der Waals surface area contributed by atoms with E-state index in [9.17, 15) is 9.50 Å². The van der Waals surface area contributed by atoms with E-state index in [4.69, 9.17) is 4.74 Å². The number of aliphatic hydroxyl groups excluding tert-OH is 1. The standard InChI is InChI=1S/C24H20FN3O2S/c1-14(29)13-30-21-11-22-20(10-19(21)25)27-24(31-22)16-5-3-15(4-6-16)18-9-17-7-8-28(2)23(17)26-12-18/h3-12,14,29H,13H2,1-2H3/t14-/m1/s1. The summed E-state index contributed by atoms with van der Waals surface area (Å²) in [5.41, 5.74) is 4.63. The van der Waals surface area contributed by atoms with Gasteiger partial charge in [0.2, 0.25) is 0 Å². The molecule has 0 saturated heterocycles. The van der Waals surface area contributed by atoms with Gasteiger partial charge in [-0.3, -0.25) is 0 Å². The molecule has 0 unspecified atom stereocenters. The lowest BCUT2D eigenvalue weighted by atomic mass is 10.1. The molecule has 2 aromatic carbocycles. The minimum absolute atomic E-state index is 0.0409. The van der Waals surface area contributed by atoms with E-state index in [-0.39, 0.29) is 12.4 Å². The average Bonchev–Trinajstić information content (AvgIpc) is 3.35. The molecular formula is C24H20FN3O2S. The Hall–Kier alpha value is -3.29. The van der Waals surface area contributed by atoms with E-state index >= 15 is 0 Å². The van der Waals surface area contributed by atoms with Gasteiger partial charge in [-0.1, -0.05) is 24.3 Å². The summed E-state index contributed by atoms with van der Waals surface area (Å²) in [4.78, 5) is 9.14. The first-order valence-corrected chi connectivity index (χ1v) is 10.7. The molecule has 31 heavy (non-hydrogen) atoms. The Bertz CT molecular complexity index is 1390. The monoisotopic (exact) mass is 433 g/mol. The Morgan fingerprint density at radius 3 is 2.65 bits per heavy atom. The lowest BCUT2D eigenvalue weighted by Gasteiger charge is -2.08. The summed E-state index contributed by atoms with van der Waals surface area (Å²) in [6.07, 6.45) is 3.22. The maximum Gasteiger partial charge on any atom is 0.167 e. The molecule has 0 bridgehead atoms. The third-order valence-corrected chi connectivity index (χ3v) is 6.16. The first-order valence-electron chi connectivity index (χ1n) is 9.91. The Balaban J connectivity index is 1.44. The van der Waals surface area contributed by atoms with Gasteiger partial charge in [0.05, 0.1) is 16.3 Å². The first kappa shape index (κ1) is 19.7. The summed E-state index contributed by atoms with van der Waals surface area (Å²) in [6, 6.07) is 15.3. The van der Waals surface area contributed by atoms with Crippen LogP contribution in [0, 0.1) is 5.82 Å². The highest BCUT2D eigenvalue weighted by Crippen LogP contribution is 2.35. The number of ether oxygens (including phenoxy) is 1. The highest BCUT2D eigenvalue weighted by atomic mass is 32.1. The molecular weight excluding hydrogens is 413 g/mol. The van der Waals surface area contributed by atoms with E-state index in [0.29, 0.717) is 5.52 Å². The van der Waals surface area contributed by atoms with Crippen LogP contribution in [-0.2, 0) is 7.05 Å².